The summed E-state index contributed by atoms with van der Waals surface area (Å²) in [6.07, 6.45) is 8.40. The number of carbonyl (C=O) groups excluding carboxylic acids is 1. The Morgan fingerprint density at radius 2 is 1.34 bits per heavy atom. The van der Waals surface area contributed by atoms with Gasteiger partial charge in [0, 0.05) is 18.3 Å². The zero-order chi connectivity index (χ0) is 21.8. The van der Waals surface area contributed by atoms with Crippen molar-refractivity contribution < 1.29 is 4.79 Å². The van der Waals surface area contributed by atoms with Crippen LogP contribution in [0.15, 0.2) is 97.2 Å². The molecule has 1 aliphatic heterocycles. The van der Waals surface area contributed by atoms with Crippen molar-refractivity contribution in [2.24, 2.45) is 5.92 Å². The molecule has 1 atom stereocenters. The summed E-state index contributed by atoms with van der Waals surface area (Å²) < 4.78 is 0. The quantitative estimate of drug-likeness (QED) is 0.465. The minimum Gasteiger partial charge on any atom is -0.267 e. The van der Waals surface area contributed by atoms with Crippen molar-refractivity contribution in [3.8, 4) is 0 Å². The lowest BCUT2D eigenvalue weighted by atomic mass is 9.79. The number of benzene rings is 3. The number of hydrazine groups is 1. The van der Waals surface area contributed by atoms with Crippen LogP contribution in [0.4, 0.5) is 0 Å². The Morgan fingerprint density at radius 1 is 0.750 bits per heavy atom. The molecule has 0 radical (unpaired) electrons. The monoisotopic (exact) mass is 422 g/mol. The molecule has 162 valence electrons. The van der Waals surface area contributed by atoms with Crippen LogP contribution in [0, 0.1) is 5.92 Å². The lowest BCUT2D eigenvalue weighted by Crippen LogP contribution is -2.47. The minimum atomic E-state index is 0.0354. The maximum Gasteiger partial charge on any atom is 0.272 e. The van der Waals surface area contributed by atoms with Crippen molar-refractivity contribution in [2.75, 3.05) is 0 Å². The van der Waals surface area contributed by atoms with Gasteiger partial charge >= 0.3 is 0 Å². The molecule has 3 nitrogen and oxygen atoms in total. The van der Waals surface area contributed by atoms with Gasteiger partial charge in [-0.15, -0.1) is 0 Å². The van der Waals surface area contributed by atoms with E-state index in [1.165, 1.54) is 48.8 Å². The number of hydrogen-bond donors (Lipinski definition) is 0. The lowest BCUT2D eigenvalue weighted by Gasteiger charge is -2.39. The third kappa shape index (κ3) is 4.26. The van der Waals surface area contributed by atoms with Crippen LogP contribution in [0.25, 0.3) is 5.57 Å². The average Bonchev–Trinajstić information content (AvgIpc) is 3.25. The number of hydrogen-bond acceptors (Lipinski definition) is 2. The predicted octanol–water partition coefficient (Wildman–Crippen LogP) is 6.55. The van der Waals surface area contributed by atoms with Crippen molar-refractivity contribution in [3.63, 3.8) is 0 Å². The van der Waals surface area contributed by atoms with Crippen molar-refractivity contribution in [2.45, 2.75) is 44.7 Å². The van der Waals surface area contributed by atoms with E-state index in [1.807, 2.05) is 41.4 Å². The number of carbonyl (C=O) groups is 1. The molecule has 3 aromatic rings. The maximum atomic E-state index is 13.7. The molecule has 1 fully saturated rings. The van der Waals surface area contributed by atoms with Gasteiger partial charge in [0.25, 0.3) is 5.91 Å². The zero-order valence-electron chi connectivity index (χ0n) is 18.4. The van der Waals surface area contributed by atoms with Crippen molar-refractivity contribution >= 4 is 11.5 Å². The molecule has 3 heteroatoms. The van der Waals surface area contributed by atoms with Crippen LogP contribution in [0.1, 0.15) is 53.6 Å². The van der Waals surface area contributed by atoms with E-state index in [0.29, 0.717) is 12.5 Å². The van der Waals surface area contributed by atoms with Crippen molar-refractivity contribution in [1.82, 2.24) is 10.0 Å². The molecule has 0 N–H and O–H groups in total. The van der Waals surface area contributed by atoms with Crippen LogP contribution >= 0.6 is 0 Å². The Morgan fingerprint density at radius 3 is 2.00 bits per heavy atom. The summed E-state index contributed by atoms with van der Waals surface area (Å²) in [5.74, 6) is 0.584. The van der Waals surface area contributed by atoms with Crippen LogP contribution in [0.5, 0.6) is 0 Å². The Kier molecular flexibility index (Phi) is 6.17. The fraction of sp³-hybridized carbons (Fsp3) is 0.276. The van der Waals surface area contributed by atoms with E-state index in [9.17, 15) is 4.79 Å². The first kappa shape index (κ1) is 20.7. The average molecular weight is 423 g/mol. The molecular weight excluding hydrogens is 392 g/mol. The van der Waals surface area contributed by atoms with Crippen LogP contribution in [-0.2, 0) is 6.54 Å². The van der Waals surface area contributed by atoms with E-state index in [4.69, 9.17) is 0 Å². The largest absolute Gasteiger partial charge is 0.272 e. The van der Waals surface area contributed by atoms with Gasteiger partial charge in [0.15, 0.2) is 0 Å². The number of rotatable bonds is 5. The molecule has 1 heterocycles. The Hall–Kier alpha value is -3.17. The maximum absolute atomic E-state index is 13.7. The summed E-state index contributed by atoms with van der Waals surface area (Å²) in [4.78, 5) is 13.7. The molecule has 5 rings (SSSR count). The number of nitrogens with zero attached hydrogens (tertiary/aromatic N) is 2. The summed E-state index contributed by atoms with van der Waals surface area (Å²) in [6.45, 7) is 0.716. The Bertz CT molecular complexity index is 1060. The third-order valence-corrected chi connectivity index (χ3v) is 6.80. The smallest absolute Gasteiger partial charge is 0.267 e. The first-order chi connectivity index (χ1) is 15.8. The van der Waals surface area contributed by atoms with Gasteiger partial charge in [0.1, 0.15) is 0 Å². The van der Waals surface area contributed by atoms with E-state index in [0.717, 1.165) is 5.56 Å². The van der Waals surface area contributed by atoms with Gasteiger partial charge < -0.3 is 0 Å². The summed E-state index contributed by atoms with van der Waals surface area (Å²) in [5, 5.41) is 4.22. The molecule has 0 saturated heterocycles. The summed E-state index contributed by atoms with van der Waals surface area (Å²) >= 11 is 0. The molecule has 0 spiro atoms. The van der Waals surface area contributed by atoms with Crippen molar-refractivity contribution in [3.05, 3.63) is 114 Å². The number of amides is 1. The molecule has 1 aliphatic carbocycles. The van der Waals surface area contributed by atoms with E-state index >= 15 is 0 Å². The van der Waals surface area contributed by atoms with Gasteiger partial charge in [-0.25, -0.2) is 10.0 Å². The second-order valence-corrected chi connectivity index (χ2v) is 8.89. The van der Waals surface area contributed by atoms with E-state index in [1.54, 1.807) is 0 Å². The van der Waals surface area contributed by atoms with Gasteiger partial charge in [-0.3, -0.25) is 4.79 Å². The minimum absolute atomic E-state index is 0.0354. The second-order valence-electron chi connectivity index (χ2n) is 8.89. The molecule has 3 aromatic carbocycles. The van der Waals surface area contributed by atoms with Crippen LogP contribution in [0.3, 0.4) is 0 Å². The first-order valence-corrected chi connectivity index (χ1v) is 11.8. The highest BCUT2D eigenvalue weighted by molar-refractivity contribution is 5.96. The highest BCUT2D eigenvalue weighted by Gasteiger charge is 2.41. The Balaban J connectivity index is 1.58. The van der Waals surface area contributed by atoms with E-state index in [-0.39, 0.29) is 11.9 Å². The molecule has 0 aromatic heterocycles. The molecule has 32 heavy (non-hydrogen) atoms. The van der Waals surface area contributed by atoms with Crippen LogP contribution in [-0.4, -0.2) is 22.0 Å². The molecule has 0 unspecified atom stereocenters. The van der Waals surface area contributed by atoms with E-state index < -0.39 is 0 Å². The zero-order valence-corrected chi connectivity index (χ0v) is 18.4. The van der Waals surface area contributed by atoms with Gasteiger partial charge in [-0.1, -0.05) is 98.1 Å². The van der Waals surface area contributed by atoms with Crippen LogP contribution < -0.4 is 0 Å². The molecule has 1 amide bonds. The topological polar surface area (TPSA) is 23.6 Å². The fourth-order valence-electron chi connectivity index (χ4n) is 5.23. The normalized spacial score (nSPS) is 19.7. The van der Waals surface area contributed by atoms with Gasteiger partial charge in [-0.2, -0.15) is 0 Å². The van der Waals surface area contributed by atoms with E-state index in [2.05, 4.69) is 65.8 Å². The highest BCUT2D eigenvalue weighted by atomic mass is 16.2. The molecule has 1 saturated carbocycles. The standard InChI is InChI=1S/C29H30N2O/c32-29(26-19-11-4-12-20-26)31-22-27(24-15-7-2-8-16-24)28(25-17-9-3-10-18-25)30(31)21-23-13-5-1-6-14-23/h1-2,4-8,11-16,19-20,22,25,28H,3,9-10,17-18,21H2/t28-/m1/s1. The Labute approximate surface area is 191 Å². The van der Waals surface area contributed by atoms with Gasteiger partial charge in [0.2, 0.25) is 0 Å². The van der Waals surface area contributed by atoms with Gasteiger partial charge in [-0.05, 0) is 47.6 Å². The molecular formula is C29H30N2O. The van der Waals surface area contributed by atoms with Gasteiger partial charge in [0.05, 0.1) is 6.04 Å². The molecule has 0 bridgehead atoms. The third-order valence-electron chi connectivity index (χ3n) is 6.80. The first-order valence-electron chi connectivity index (χ1n) is 11.8. The summed E-state index contributed by atoms with van der Waals surface area (Å²) in [6, 6.07) is 31.0. The fourth-order valence-corrected chi connectivity index (χ4v) is 5.23. The second kappa shape index (κ2) is 9.54. The summed E-state index contributed by atoms with van der Waals surface area (Å²) in [7, 11) is 0. The predicted molar refractivity (Wildman–Crippen MR) is 129 cm³/mol. The lowest BCUT2D eigenvalue weighted by molar-refractivity contribution is -0.00594. The summed E-state index contributed by atoms with van der Waals surface area (Å²) in [5.41, 5.74) is 4.42. The highest BCUT2D eigenvalue weighted by Crippen LogP contribution is 2.42. The van der Waals surface area contributed by atoms with Crippen molar-refractivity contribution in [1.29, 1.82) is 0 Å². The van der Waals surface area contributed by atoms with Crippen LogP contribution in [0.2, 0.25) is 0 Å². The SMILES string of the molecule is O=C(c1ccccc1)N1C=C(c2ccccc2)[C@@H](C2CCCCC2)N1Cc1ccccc1. The molecule has 2 aliphatic rings.